The fraction of sp³-hybridized carbons (Fsp3) is 0.625. The molecule has 2 rings (SSSR count). The molecule has 1 aromatic carbocycles. The van der Waals surface area contributed by atoms with Gasteiger partial charge in [-0.1, -0.05) is 49.6 Å². The van der Waals surface area contributed by atoms with Gasteiger partial charge >= 0.3 is 0 Å². The smallest absolute Gasteiger partial charge is 0.0591 e. The molecular formula is C16H25NO. The molecule has 0 aliphatic heterocycles. The van der Waals surface area contributed by atoms with Gasteiger partial charge in [0.2, 0.25) is 0 Å². The lowest BCUT2D eigenvalue weighted by atomic mass is 9.96. The Morgan fingerprint density at radius 3 is 2.56 bits per heavy atom. The van der Waals surface area contributed by atoms with Crippen molar-refractivity contribution in [1.82, 2.24) is 5.32 Å². The first-order valence-electron chi connectivity index (χ1n) is 7.30. The van der Waals surface area contributed by atoms with Gasteiger partial charge in [0.25, 0.3) is 0 Å². The van der Waals surface area contributed by atoms with Crippen LogP contribution in [0.2, 0.25) is 0 Å². The third-order valence-electron chi connectivity index (χ3n) is 3.66. The summed E-state index contributed by atoms with van der Waals surface area (Å²) in [5.74, 6) is 0. The highest BCUT2D eigenvalue weighted by Crippen LogP contribution is 2.16. The fourth-order valence-corrected chi connectivity index (χ4v) is 2.58. The Balaban J connectivity index is 1.46. The zero-order chi connectivity index (χ0) is 12.5. The predicted molar refractivity (Wildman–Crippen MR) is 75.8 cm³/mol. The Hall–Kier alpha value is -0.860. The van der Waals surface area contributed by atoms with Crippen molar-refractivity contribution in [2.24, 2.45) is 0 Å². The fourth-order valence-electron chi connectivity index (χ4n) is 2.58. The zero-order valence-corrected chi connectivity index (χ0v) is 11.2. The van der Waals surface area contributed by atoms with Crippen LogP contribution in [0.25, 0.3) is 0 Å². The number of rotatable bonds is 7. The monoisotopic (exact) mass is 247 g/mol. The van der Waals surface area contributed by atoms with Gasteiger partial charge in [0.1, 0.15) is 0 Å². The van der Waals surface area contributed by atoms with Crippen molar-refractivity contribution >= 4 is 0 Å². The number of nitrogens with one attached hydrogen (secondary N) is 1. The van der Waals surface area contributed by atoms with Gasteiger partial charge in [-0.2, -0.15) is 0 Å². The van der Waals surface area contributed by atoms with Gasteiger partial charge in [-0.3, -0.25) is 0 Å². The molecule has 1 fully saturated rings. The zero-order valence-electron chi connectivity index (χ0n) is 11.2. The summed E-state index contributed by atoms with van der Waals surface area (Å²) in [6, 6.07) is 11.3. The van der Waals surface area contributed by atoms with Crippen LogP contribution in [0.4, 0.5) is 0 Å². The Labute approximate surface area is 111 Å². The predicted octanol–water partition coefficient (Wildman–Crippen LogP) is 3.17. The average Bonchev–Trinajstić information content (AvgIpc) is 2.45. The lowest BCUT2D eigenvalue weighted by Crippen LogP contribution is -2.33. The SMILES string of the molecule is c1ccc(CCOCCNC2CCCCC2)cc1. The minimum Gasteiger partial charge on any atom is -0.380 e. The van der Waals surface area contributed by atoms with Crippen LogP contribution in [0, 0.1) is 0 Å². The Morgan fingerprint density at radius 1 is 1.00 bits per heavy atom. The molecule has 2 heteroatoms. The maximum absolute atomic E-state index is 5.67. The standard InChI is InChI=1S/C16H25NO/c1-3-7-15(8-4-1)11-13-18-14-12-17-16-9-5-2-6-10-16/h1,3-4,7-8,16-17H,2,5-6,9-14H2. The number of hydrogen-bond donors (Lipinski definition) is 1. The summed E-state index contributed by atoms with van der Waals surface area (Å²) < 4.78 is 5.67. The van der Waals surface area contributed by atoms with Crippen molar-refractivity contribution in [1.29, 1.82) is 0 Å². The summed E-state index contributed by atoms with van der Waals surface area (Å²) in [5.41, 5.74) is 1.36. The van der Waals surface area contributed by atoms with E-state index in [-0.39, 0.29) is 0 Å². The topological polar surface area (TPSA) is 21.3 Å². The molecule has 0 atom stereocenters. The van der Waals surface area contributed by atoms with Crippen molar-refractivity contribution in [2.75, 3.05) is 19.8 Å². The molecule has 1 aliphatic carbocycles. The van der Waals surface area contributed by atoms with Crippen LogP contribution in [-0.4, -0.2) is 25.8 Å². The maximum atomic E-state index is 5.67. The highest BCUT2D eigenvalue weighted by atomic mass is 16.5. The second-order valence-corrected chi connectivity index (χ2v) is 5.14. The van der Waals surface area contributed by atoms with E-state index in [4.69, 9.17) is 4.74 Å². The molecule has 0 unspecified atom stereocenters. The van der Waals surface area contributed by atoms with E-state index in [1.807, 2.05) is 0 Å². The summed E-state index contributed by atoms with van der Waals surface area (Å²) in [4.78, 5) is 0. The molecule has 0 heterocycles. The van der Waals surface area contributed by atoms with Crippen LogP contribution >= 0.6 is 0 Å². The molecule has 0 amide bonds. The molecule has 1 aromatic rings. The molecule has 0 bridgehead atoms. The number of benzene rings is 1. The van der Waals surface area contributed by atoms with Gasteiger partial charge in [-0.15, -0.1) is 0 Å². The Morgan fingerprint density at radius 2 is 1.78 bits per heavy atom. The highest BCUT2D eigenvalue weighted by molar-refractivity contribution is 5.14. The van der Waals surface area contributed by atoms with Crippen LogP contribution in [0.5, 0.6) is 0 Å². The van der Waals surface area contributed by atoms with E-state index in [0.717, 1.165) is 32.2 Å². The maximum Gasteiger partial charge on any atom is 0.0591 e. The van der Waals surface area contributed by atoms with Gasteiger partial charge in [-0.05, 0) is 24.8 Å². The molecular weight excluding hydrogens is 222 g/mol. The summed E-state index contributed by atoms with van der Waals surface area (Å²) >= 11 is 0. The van der Waals surface area contributed by atoms with Gasteiger partial charge in [0.15, 0.2) is 0 Å². The lowest BCUT2D eigenvalue weighted by Gasteiger charge is -2.22. The highest BCUT2D eigenvalue weighted by Gasteiger charge is 2.11. The molecule has 1 saturated carbocycles. The van der Waals surface area contributed by atoms with Crippen molar-refractivity contribution in [3.05, 3.63) is 35.9 Å². The summed E-state index contributed by atoms with van der Waals surface area (Å²) in [5, 5.41) is 3.60. The average molecular weight is 247 g/mol. The molecule has 18 heavy (non-hydrogen) atoms. The van der Waals surface area contributed by atoms with Crippen molar-refractivity contribution < 1.29 is 4.74 Å². The minimum absolute atomic E-state index is 0.747. The molecule has 0 saturated heterocycles. The second-order valence-electron chi connectivity index (χ2n) is 5.14. The van der Waals surface area contributed by atoms with Crippen molar-refractivity contribution in [3.8, 4) is 0 Å². The quantitative estimate of drug-likeness (QED) is 0.747. The molecule has 1 N–H and O–H groups in total. The third-order valence-corrected chi connectivity index (χ3v) is 3.66. The van der Waals surface area contributed by atoms with E-state index >= 15 is 0 Å². The minimum atomic E-state index is 0.747. The molecule has 0 aromatic heterocycles. The third kappa shape index (κ3) is 5.19. The lowest BCUT2D eigenvalue weighted by molar-refractivity contribution is 0.135. The molecule has 100 valence electrons. The number of hydrogen-bond acceptors (Lipinski definition) is 2. The first-order valence-corrected chi connectivity index (χ1v) is 7.30. The van der Waals surface area contributed by atoms with Gasteiger partial charge < -0.3 is 10.1 Å². The van der Waals surface area contributed by atoms with Crippen LogP contribution in [0.15, 0.2) is 30.3 Å². The van der Waals surface area contributed by atoms with E-state index in [0.29, 0.717) is 0 Å². The molecule has 1 aliphatic rings. The van der Waals surface area contributed by atoms with E-state index in [2.05, 4.69) is 35.6 Å². The van der Waals surface area contributed by atoms with Crippen LogP contribution < -0.4 is 5.32 Å². The summed E-state index contributed by atoms with van der Waals surface area (Å²) in [6.45, 7) is 2.67. The van der Waals surface area contributed by atoms with E-state index in [1.54, 1.807) is 0 Å². The van der Waals surface area contributed by atoms with E-state index < -0.39 is 0 Å². The normalized spacial score (nSPS) is 16.9. The summed E-state index contributed by atoms with van der Waals surface area (Å²) in [6.07, 6.45) is 7.93. The van der Waals surface area contributed by atoms with E-state index in [1.165, 1.54) is 37.7 Å². The van der Waals surface area contributed by atoms with E-state index in [9.17, 15) is 0 Å². The summed E-state index contributed by atoms with van der Waals surface area (Å²) in [7, 11) is 0. The van der Waals surface area contributed by atoms with Crippen molar-refractivity contribution in [2.45, 2.75) is 44.6 Å². The first-order chi connectivity index (χ1) is 8.95. The van der Waals surface area contributed by atoms with Gasteiger partial charge in [-0.25, -0.2) is 0 Å². The van der Waals surface area contributed by atoms with Crippen molar-refractivity contribution in [3.63, 3.8) is 0 Å². The number of ether oxygens (including phenoxy) is 1. The van der Waals surface area contributed by atoms with Crippen LogP contribution in [0.1, 0.15) is 37.7 Å². The second kappa shape index (κ2) is 8.28. The first kappa shape index (κ1) is 13.6. The molecule has 2 nitrogen and oxygen atoms in total. The Kier molecular flexibility index (Phi) is 6.24. The largest absolute Gasteiger partial charge is 0.380 e. The van der Waals surface area contributed by atoms with Gasteiger partial charge in [0, 0.05) is 12.6 Å². The van der Waals surface area contributed by atoms with Crippen LogP contribution in [0.3, 0.4) is 0 Å². The molecule has 0 spiro atoms. The van der Waals surface area contributed by atoms with Gasteiger partial charge in [0.05, 0.1) is 13.2 Å². The Bertz CT molecular complexity index is 306. The molecule has 0 radical (unpaired) electrons. The van der Waals surface area contributed by atoms with Crippen LogP contribution in [-0.2, 0) is 11.2 Å².